The molecule has 2 unspecified atom stereocenters. The minimum Gasteiger partial charge on any atom is -0.469 e. The first-order chi connectivity index (χ1) is 8.04. The van der Waals surface area contributed by atoms with E-state index in [2.05, 4.69) is 5.32 Å². The molecule has 96 valence electrons. The van der Waals surface area contributed by atoms with Crippen LogP contribution in [0, 0.1) is 5.92 Å². The second-order valence-corrected chi connectivity index (χ2v) is 4.60. The van der Waals surface area contributed by atoms with Crippen molar-refractivity contribution in [1.82, 2.24) is 5.32 Å². The van der Waals surface area contributed by atoms with Gasteiger partial charge in [-0.2, -0.15) is 0 Å². The van der Waals surface area contributed by atoms with E-state index in [-0.39, 0.29) is 24.0 Å². The molecule has 0 aliphatic rings. The molecule has 0 saturated heterocycles. The fraction of sp³-hybridized carbons (Fsp3) is 0.615. The van der Waals surface area contributed by atoms with Crippen molar-refractivity contribution >= 4 is 5.97 Å². The van der Waals surface area contributed by atoms with Crippen molar-refractivity contribution in [3.05, 3.63) is 24.2 Å². The number of methoxy groups -OCH3 is 1. The fourth-order valence-electron chi connectivity index (χ4n) is 1.76. The number of esters is 1. The molecule has 0 radical (unpaired) electrons. The van der Waals surface area contributed by atoms with E-state index in [1.165, 1.54) is 7.11 Å². The lowest BCUT2D eigenvalue weighted by molar-refractivity contribution is -0.144. The molecule has 1 heterocycles. The summed E-state index contributed by atoms with van der Waals surface area (Å²) >= 11 is 0. The highest BCUT2D eigenvalue weighted by Gasteiger charge is 2.24. The zero-order valence-corrected chi connectivity index (χ0v) is 10.9. The number of nitrogens with one attached hydrogen (secondary N) is 1. The summed E-state index contributed by atoms with van der Waals surface area (Å²) in [6.07, 6.45) is 2.41. The Morgan fingerprint density at radius 2 is 2.18 bits per heavy atom. The van der Waals surface area contributed by atoms with Crippen LogP contribution < -0.4 is 5.32 Å². The smallest absolute Gasteiger partial charge is 0.323 e. The molecule has 1 N–H and O–H groups in total. The summed E-state index contributed by atoms with van der Waals surface area (Å²) in [5.41, 5.74) is 0. The predicted molar refractivity (Wildman–Crippen MR) is 65.7 cm³/mol. The number of carbonyl (C=O) groups excluding carboxylic acids is 1. The number of rotatable bonds is 6. The van der Waals surface area contributed by atoms with Crippen LogP contribution in [-0.4, -0.2) is 25.2 Å². The predicted octanol–water partition coefficient (Wildman–Crippen LogP) is 2.00. The number of furan rings is 1. The lowest BCUT2D eigenvalue weighted by Crippen LogP contribution is -2.46. The van der Waals surface area contributed by atoms with E-state index in [1.807, 2.05) is 32.9 Å². The Bertz CT molecular complexity index is 332. The number of hydrogen-bond acceptors (Lipinski definition) is 4. The molecule has 1 rings (SSSR count). The van der Waals surface area contributed by atoms with Crippen molar-refractivity contribution in [3.8, 4) is 0 Å². The lowest BCUT2D eigenvalue weighted by Gasteiger charge is -2.23. The minimum atomic E-state index is -0.273. The molecular formula is C13H21NO3. The molecule has 17 heavy (non-hydrogen) atoms. The van der Waals surface area contributed by atoms with Gasteiger partial charge in [-0.05, 0) is 25.0 Å². The van der Waals surface area contributed by atoms with Crippen LogP contribution in [0.4, 0.5) is 0 Å². The highest BCUT2D eigenvalue weighted by atomic mass is 16.5. The van der Waals surface area contributed by atoms with E-state index < -0.39 is 0 Å². The van der Waals surface area contributed by atoms with E-state index in [4.69, 9.17) is 9.15 Å². The molecule has 1 aromatic rings. The molecule has 0 spiro atoms. The normalized spacial score (nSPS) is 14.6. The van der Waals surface area contributed by atoms with E-state index in [0.29, 0.717) is 0 Å². The van der Waals surface area contributed by atoms with Crippen molar-refractivity contribution < 1.29 is 13.9 Å². The summed E-state index contributed by atoms with van der Waals surface area (Å²) in [4.78, 5) is 11.6. The van der Waals surface area contributed by atoms with Gasteiger partial charge in [-0.25, -0.2) is 0 Å². The molecule has 0 fully saturated rings. The van der Waals surface area contributed by atoms with Gasteiger partial charge in [0.2, 0.25) is 0 Å². The summed E-state index contributed by atoms with van der Waals surface area (Å²) < 4.78 is 10.1. The summed E-state index contributed by atoms with van der Waals surface area (Å²) in [5, 5.41) is 3.27. The van der Waals surface area contributed by atoms with Crippen molar-refractivity contribution in [2.45, 2.75) is 39.3 Å². The zero-order chi connectivity index (χ0) is 12.8. The summed E-state index contributed by atoms with van der Waals surface area (Å²) in [7, 11) is 1.41. The van der Waals surface area contributed by atoms with Crippen LogP contribution in [-0.2, 0) is 16.0 Å². The van der Waals surface area contributed by atoms with Gasteiger partial charge in [-0.3, -0.25) is 4.79 Å². The molecule has 2 atom stereocenters. The monoisotopic (exact) mass is 239 g/mol. The van der Waals surface area contributed by atoms with E-state index in [0.717, 1.165) is 12.2 Å². The quantitative estimate of drug-likeness (QED) is 0.771. The Hall–Kier alpha value is -1.29. The van der Waals surface area contributed by atoms with Crippen molar-refractivity contribution in [2.75, 3.05) is 7.11 Å². The molecule has 1 aromatic heterocycles. The Kier molecular flexibility index (Phi) is 5.22. The van der Waals surface area contributed by atoms with Crippen LogP contribution in [0.5, 0.6) is 0 Å². The van der Waals surface area contributed by atoms with E-state index in [1.54, 1.807) is 6.26 Å². The molecule has 0 aliphatic heterocycles. The number of hydrogen-bond donors (Lipinski definition) is 1. The first kappa shape index (κ1) is 13.8. The van der Waals surface area contributed by atoms with Crippen LogP contribution in [0.1, 0.15) is 26.5 Å². The largest absolute Gasteiger partial charge is 0.469 e. The summed E-state index contributed by atoms with van der Waals surface area (Å²) in [5.74, 6) is 0.894. The number of ether oxygens (including phenoxy) is 1. The Balaban J connectivity index is 2.52. The second kappa shape index (κ2) is 6.45. The minimum absolute atomic E-state index is 0.160. The SMILES string of the molecule is COC(=O)C(NC(C)Cc1ccco1)C(C)C. The maximum atomic E-state index is 11.6. The Morgan fingerprint density at radius 1 is 1.47 bits per heavy atom. The van der Waals surface area contributed by atoms with Gasteiger partial charge < -0.3 is 14.5 Å². The fourth-order valence-corrected chi connectivity index (χ4v) is 1.76. The average molecular weight is 239 g/mol. The molecule has 4 nitrogen and oxygen atoms in total. The average Bonchev–Trinajstić information content (AvgIpc) is 2.77. The third-order valence-corrected chi connectivity index (χ3v) is 2.67. The maximum Gasteiger partial charge on any atom is 0.323 e. The molecule has 0 aromatic carbocycles. The third kappa shape index (κ3) is 4.23. The Labute approximate surface area is 102 Å². The molecule has 0 bridgehead atoms. The van der Waals surface area contributed by atoms with E-state index in [9.17, 15) is 4.79 Å². The molecule has 0 saturated carbocycles. The molecular weight excluding hydrogens is 218 g/mol. The van der Waals surface area contributed by atoms with Crippen molar-refractivity contribution in [3.63, 3.8) is 0 Å². The van der Waals surface area contributed by atoms with Crippen LogP contribution in [0.25, 0.3) is 0 Å². The maximum absolute atomic E-state index is 11.6. The van der Waals surface area contributed by atoms with Gasteiger partial charge in [0, 0.05) is 12.5 Å². The highest BCUT2D eigenvalue weighted by molar-refractivity contribution is 5.75. The number of carbonyl (C=O) groups is 1. The first-order valence-corrected chi connectivity index (χ1v) is 5.90. The molecule has 4 heteroatoms. The second-order valence-electron chi connectivity index (χ2n) is 4.60. The van der Waals surface area contributed by atoms with Gasteiger partial charge in [0.25, 0.3) is 0 Å². The van der Waals surface area contributed by atoms with Gasteiger partial charge in [0.15, 0.2) is 0 Å². The summed E-state index contributed by atoms with van der Waals surface area (Å²) in [6, 6.07) is 3.68. The highest BCUT2D eigenvalue weighted by Crippen LogP contribution is 2.08. The van der Waals surface area contributed by atoms with Crippen LogP contribution >= 0.6 is 0 Å². The van der Waals surface area contributed by atoms with Gasteiger partial charge in [0.05, 0.1) is 13.4 Å². The van der Waals surface area contributed by atoms with E-state index >= 15 is 0 Å². The van der Waals surface area contributed by atoms with Crippen molar-refractivity contribution in [1.29, 1.82) is 0 Å². The Morgan fingerprint density at radius 3 is 2.65 bits per heavy atom. The topological polar surface area (TPSA) is 51.5 Å². The van der Waals surface area contributed by atoms with Crippen LogP contribution in [0.2, 0.25) is 0 Å². The molecule has 0 amide bonds. The lowest BCUT2D eigenvalue weighted by atomic mass is 10.0. The van der Waals surface area contributed by atoms with Crippen LogP contribution in [0.15, 0.2) is 22.8 Å². The van der Waals surface area contributed by atoms with Crippen LogP contribution in [0.3, 0.4) is 0 Å². The standard InChI is InChI=1S/C13H21NO3/c1-9(2)12(13(15)16-4)14-10(3)8-11-6-5-7-17-11/h5-7,9-10,12,14H,8H2,1-4H3. The van der Waals surface area contributed by atoms with Gasteiger partial charge in [-0.15, -0.1) is 0 Å². The zero-order valence-electron chi connectivity index (χ0n) is 10.9. The van der Waals surface area contributed by atoms with Gasteiger partial charge >= 0.3 is 5.97 Å². The van der Waals surface area contributed by atoms with Gasteiger partial charge in [-0.1, -0.05) is 13.8 Å². The molecule has 0 aliphatic carbocycles. The van der Waals surface area contributed by atoms with Crippen molar-refractivity contribution in [2.24, 2.45) is 5.92 Å². The third-order valence-electron chi connectivity index (χ3n) is 2.67. The first-order valence-electron chi connectivity index (χ1n) is 5.90. The summed E-state index contributed by atoms with van der Waals surface area (Å²) in [6.45, 7) is 6.02. The van der Waals surface area contributed by atoms with Gasteiger partial charge in [0.1, 0.15) is 11.8 Å².